The molecule has 0 saturated heterocycles. The molecule has 4 nitrogen and oxygen atoms in total. The summed E-state index contributed by atoms with van der Waals surface area (Å²) in [7, 11) is 0. The molecule has 1 unspecified atom stereocenters. The summed E-state index contributed by atoms with van der Waals surface area (Å²) in [6.45, 7) is 3.79. The second-order valence-electron chi connectivity index (χ2n) is 4.72. The summed E-state index contributed by atoms with van der Waals surface area (Å²) >= 11 is 0. The molecule has 0 bridgehead atoms. The van der Waals surface area contributed by atoms with Gasteiger partial charge in [0.15, 0.2) is 11.6 Å². The maximum absolute atomic E-state index is 13.1. The Kier molecular flexibility index (Phi) is 5.19. The van der Waals surface area contributed by atoms with Crippen molar-refractivity contribution in [1.82, 2.24) is 10.1 Å². The zero-order chi connectivity index (χ0) is 14.0. The minimum atomic E-state index is -0.951. The number of hydrogen-bond donors (Lipinski definition) is 1. The number of nitrogens with zero attached hydrogens (tertiary/aromatic N) is 2. The Hall–Kier alpha value is -1.53. The maximum Gasteiger partial charge on any atom is 0.246 e. The van der Waals surface area contributed by atoms with Crippen molar-refractivity contribution >= 4 is 12.4 Å². The Balaban J connectivity index is 0.00000200. The van der Waals surface area contributed by atoms with Crippen molar-refractivity contribution in [3.05, 3.63) is 35.7 Å². The molecule has 110 valence electrons. The topological polar surface area (TPSA) is 64.9 Å². The zero-order valence-corrected chi connectivity index (χ0v) is 12.0. The third kappa shape index (κ3) is 3.32. The van der Waals surface area contributed by atoms with Gasteiger partial charge in [-0.2, -0.15) is 4.98 Å². The average molecular weight is 304 g/mol. The molecule has 0 fully saturated rings. The zero-order valence-electron chi connectivity index (χ0n) is 11.2. The summed E-state index contributed by atoms with van der Waals surface area (Å²) in [6, 6.07) is 3.44. The van der Waals surface area contributed by atoms with Crippen molar-refractivity contribution in [3.63, 3.8) is 0 Å². The van der Waals surface area contributed by atoms with Crippen LogP contribution >= 0.6 is 12.4 Å². The molecule has 0 spiro atoms. The molecule has 1 aromatic carbocycles. The number of nitrogens with two attached hydrogens (primary N) is 1. The molecule has 1 atom stereocenters. The molecule has 2 rings (SSSR count). The van der Waals surface area contributed by atoms with E-state index in [1.54, 1.807) is 6.92 Å². The molecule has 0 saturated carbocycles. The fraction of sp³-hybridized carbons (Fsp3) is 0.385. The highest BCUT2D eigenvalue weighted by molar-refractivity contribution is 5.85. The van der Waals surface area contributed by atoms with Gasteiger partial charge in [0.2, 0.25) is 11.7 Å². The molecule has 0 aliphatic heterocycles. The van der Waals surface area contributed by atoms with E-state index in [2.05, 4.69) is 10.1 Å². The predicted octanol–water partition coefficient (Wildman–Crippen LogP) is 3.41. The Morgan fingerprint density at radius 1 is 1.30 bits per heavy atom. The Bertz CT molecular complexity index is 587. The van der Waals surface area contributed by atoms with Crippen LogP contribution in [0.5, 0.6) is 0 Å². The summed E-state index contributed by atoms with van der Waals surface area (Å²) in [5.74, 6) is -1.38. The van der Waals surface area contributed by atoms with Gasteiger partial charge >= 0.3 is 0 Å². The quantitative estimate of drug-likeness (QED) is 0.940. The summed E-state index contributed by atoms with van der Waals surface area (Å²) < 4.78 is 31.1. The highest BCUT2D eigenvalue weighted by Gasteiger charge is 2.27. The van der Waals surface area contributed by atoms with Gasteiger partial charge < -0.3 is 10.3 Å². The van der Waals surface area contributed by atoms with E-state index in [1.165, 1.54) is 6.07 Å². The van der Waals surface area contributed by atoms with Crippen LogP contribution < -0.4 is 5.73 Å². The summed E-state index contributed by atoms with van der Waals surface area (Å²) in [6.07, 6.45) is 1.56. The van der Waals surface area contributed by atoms with Crippen LogP contribution in [0.3, 0.4) is 0 Å². The van der Waals surface area contributed by atoms with E-state index >= 15 is 0 Å². The van der Waals surface area contributed by atoms with Crippen LogP contribution in [-0.4, -0.2) is 10.1 Å². The monoisotopic (exact) mass is 303 g/mol. The molecule has 2 N–H and O–H groups in total. The number of rotatable bonds is 4. The lowest BCUT2D eigenvalue weighted by Gasteiger charge is -2.18. The largest absolute Gasteiger partial charge is 0.337 e. The highest BCUT2D eigenvalue weighted by Crippen LogP contribution is 2.25. The SMILES string of the molecule is CCCC(C)(N)c1nc(-c2ccc(F)c(F)c2)no1.Cl. The minimum Gasteiger partial charge on any atom is -0.337 e. The van der Waals surface area contributed by atoms with Crippen LogP contribution in [-0.2, 0) is 5.54 Å². The van der Waals surface area contributed by atoms with Crippen molar-refractivity contribution in [2.45, 2.75) is 32.2 Å². The first-order valence-electron chi connectivity index (χ1n) is 6.02. The second kappa shape index (κ2) is 6.28. The minimum absolute atomic E-state index is 0. The smallest absolute Gasteiger partial charge is 0.246 e. The summed E-state index contributed by atoms with van der Waals surface area (Å²) in [4.78, 5) is 4.15. The van der Waals surface area contributed by atoms with Crippen LogP contribution in [0.15, 0.2) is 22.7 Å². The molecular formula is C13H16ClF2N3O. The van der Waals surface area contributed by atoms with Crippen LogP contribution in [0.25, 0.3) is 11.4 Å². The van der Waals surface area contributed by atoms with Crippen molar-refractivity contribution < 1.29 is 13.3 Å². The normalized spacial score (nSPS) is 13.7. The van der Waals surface area contributed by atoms with Gasteiger partial charge in [0.25, 0.3) is 0 Å². The molecule has 20 heavy (non-hydrogen) atoms. The van der Waals surface area contributed by atoms with Gasteiger partial charge in [0.1, 0.15) is 0 Å². The van der Waals surface area contributed by atoms with Crippen LogP contribution in [0.2, 0.25) is 0 Å². The maximum atomic E-state index is 13.1. The van der Waals surface area contributed by atoms with Crippen molar-refractivity contribution in [2.75, 3.05) is 0 Å². The third-order valence-corrected chi connectivity index (χ3v) is 2.86. The van der Waals surface area contributed by atoms with E-state index in [9.17, 15) is 8.78 Å². The lowest BCUT2D eigenvalue weighted by atomic mass is 9.98. The molecule has 2 aromatic rings. The molecular weight excluding hydrogens is 288 g/mol. The van der Waals surface area contributed by atoms with Crippen LogP contribution in [0.4, 0.5) is 8.78 Å². The van der Waals surface area contributed by atoms with Gasteiger partial charge in [0.05, 0.1) is 5.54 Å². The predicted molar refractivity (Wildman–Crippen MR) is 73.3 cm³/mol. The fourth-order valence-electron chi connectivity index (χ4n) is 1.83. The number of hydrogen-bond acceptors (Lipinski definition) is 4. The van der Waals surface area contributed by atoms with Gasteiger partial charge in [-0.3, -0.25) is 0 Å². The van der Waals surface area contributed by atoms with Crippen LogP contribution in [0.1, 0.15) is 32.6 Å². The van der Waals surface area contributed by atoms with Crippen molar-refractivity contribution in [1.29, 1.82) is 0 Å². The standard InChI is InChI=1S/C13H15F2N3O.ClH/c1-3-6-13(2,16)12-17-11(18-19-12)8-4-5-9(14)10(15)7-8;/h4-5,7H,3,6,16H2,1-2H3;1H. The Labute approximate surface area is 121 Å². The lowest BCUT2D eigenvalue weighted by molar-refractivity contribution is 0.284. The first-order valence-corrected chi connectivity index (χ1v) is 6.02. The van der Waals surface area contributed by atoms with Crippen molar-refractivity contribution in [2.24, 2.45) is 5.73 Å². The van der Waals surface area contributed by atoms with Gasteiger partial charge in [-0.25, -0.2) is 8.78 Å². The van der Waals surface area contributed by atoms with Gasteiger partial charge in [0, 0.05) is 5.56 Å². The fourth-order valence-corrected chi connectivity index (χ4v) is 1.83. The highest BCUT2D eigenvalue weighted by atomic mass is 35.5. The molecule has 0 amide bonds. The Morgan fingerprint density at radius 2 is 2.00 bits per heavy atom. The molecule has 0 radical (unpaired) electrons. The first kappa shape index (κ1) is 16.5. The molecule has 7 heteroatoms. The first-order chi connectivity index (χ1) is 8.94. The van der Waals surface area contributed by atoms with Gasteiger partial charge in [-0.15, -0.1) is 12.4 Å². The molecule has 0 aliphatic rings. The number of benzene rings is 1. The third-order valence-electron chi connectivity index (χ3n) is 2.86. The van der Waals surface area contributed by atoms with Crippen molar-refractivity contribution in [3.8, 4) is 11.4 Å². The number of aromatic nitrogens is 2. The summed E-state index contributed by atoms with van der Waals surface area (Å²) in [5.41, 5.74) is 5.69. The Morgan fingerprint density at radius 3 is 2.60 bits per heavy atom. The van der Waals surface area contributed by atoms with E-state index in [4.69, 9.17) is 10.3 Å². The molecule has 1 heterocycles. The molecule has 0 aliphatic carbocycles. The lowest BCUT2D eigenvalue weighted by Crippen LogP contribution is -2.33. The van der Waals surface area contributed by atoms with Crippen LogP contribution in [0, 0.1) is 11.6 Å². The van der Waals surface area contributed by atoms with Gasteiger partial charge in [-0.1, -0.05) is 18.5 Å². The van der Waals surface area contributed by atoms with E-state index in [0.717, 1.165) is 18.6 Å². The van der Waals surface area contributed by atoms with E-state index in [0.29, 0.717) is 12.0 Å². The van der Waals surface area contributed by atoms with E-state index in [1.807, 2.05) is 6.92 Å². The van der Waals surface area contributed by atoms with E-state index < -0.39 is 17.2 Å². The summed E-state index contributed by atoms with van der Waals surface area (Å²) in [5, 5.41) is 3.75. The molecule has 1 aromatic heterocycles. The second-order valence-corrected chi connectivity index (χ2v) is 4.72. The van der Waals surface area contributed by atoms with E-state index in [-0.39, 0.29) is 24.1 Å². The average Bonchev–Trinajstić information content (AvgIpc) is 2.83. The van der Waals surface area contributed by atoms with Gasteiger partial charge in [-0.05, 0) is 31.5 Å². The number of halogens is 3.